The van der Waals surface area contributed by atoms with E-state index in [1.54, 1.807) is 0 Å². The first-order chi connectivity index (χ1) is 7.90. The number of aliphatic hydroxyl groups is 1. The van der Waals surface area contributed by atoms with Crippen LogP contribution in [0.15, 0.2) is 0 Å². The van der Waals surface area contributed by atoms with Gasteiger partial charge in [-0.05, 0) is 6.42 Å². The lowest BCUT2D eigenvalue weighted by atomic mass is 10.2. The van der Waals surface area contributed by atoms with Crippen molar-refractivity contribution in [3.63, 3.8) is 0 Å². The molecule has 0 bridgehead atoms. The van der Waals surface area contributed by atoms with Gasteiger partial charge in [-0.2, -0.15) is 13.2 Å². The predicted molar refractivity (Wildman–Crippen MR) is 58.6 cm³/mol. The number of rotatable bonds is 5. The molecule has 1 rings (SSSR count). The molecule has 3 N–H and O–H groups in total. The van der Waals surface area contributed by atoms with Gasteiger partial charge in [0.15, 0.2) is 0 Å². The van der Waals surface area contributed by atoms with E-state index in [0.717, 1.165) is 0 Å². The quantitative estimate of drug-likeness (QED) is 0.719. The summed E-state index contributed by atoms with van der Waals surface area (Å²) in [4.78, 5) is 3.47. The number of nitrogens with zero attached hydrogens (tertiary/aromatic N) is 2. The molecule has 0 aromatic rings. The maximum Gasteiger partial charge on any atom is 0.401 e. The molecule has 0 aromatic heterocycles. The second-order valence-electron chi connectivity index (χ2n) is 4.41. The van der Waals surface area contributed by atoms with Gasteiger partial charge in [0.1, 0.15) is 0 Å². The van der Waals surface area contributed by atoms with Gasteiger partial charge < -0.3 is 15.7 Å². The van der Waals surface area contributed by atoms with E-state index in [-0.39, 0.29) is 6.54 Å². The standard InChI is InChI=1S/C10H20F3N3O/c11-10(12,13)8-16-5-3-15(4-6-16)2-1-9(17)7-14/h9,17H,1-8,14H2. The van der Waals surface area contributed by atoms with E-state index in [0.29, 0.717) is 39.1 Å². The molecule has 4 nitrogen and oxygen atoms in total. The number of aliphatic hydroxyl groups excluding tert-OH is 1. The van der Waals surface area contributed by atoms with E-state index in [1.165, 1.54) is 4.90 Å². The van der Waals surface area contributed by atoms with Gasteiger partial charge in [0.05, 0.1) is 12.6 Å². The van der Waals surface area contributed by atoms with Crippen molar-refractivity contribution >= 4 is 0 Å². The Labute approximate surface area is 99.2 Å². The Morgan fingerprint density at radius 2 is 1.65 bits per heavy atom. The lowest BCUT2D eigenvalue weighted by Gasteiger charge is -2.35. The van der Waals surface area contributed by atoms with Crippen molar-refractivity contribution in [1.82, 2.24) is 9.80 Å². The molecule has 0 aromatic carbocycles. The number of piperazine rings is 1. The van der Waals surface area contributed by atoms with Gasteiger partial charge in [-0.3, -0.25) is 4.90 Å². The zero-order valence-electron chi connectivity index (χ0n) is 9.79. The van der Waals surface area contributed by atoms with Crippen molar-refractivity contribution in [2.45, 2.75) is 18.7 Å². The smallest absolute Gasteiger partial charge is 0.392 e. The van der Waals surface area contributed by atoms with Gasteiger partial charge in [-0.1, -0.05) is 0 Å². The highest BCUT2D eigenvalue weighted by molar-refractivity contribution is 4.74. The zero-order chi connectivity index (χ0) is 12.9. The molecule has 1 fully saturated rings. The second-order valence-corrected chi connectivity index (χ2v) is 4.41. The average molecular weight is 255 g/mol. The fraction of sp³-hybridized carbons (Fsp3) is 1.00. The molecule has 0 saturated carbocycles. The number of hydrogen-bond acceptors (Lipinski definition) is 4. The Hall–Kier alpha value is -0.370. The Kier molecular flexibility index (Phi) is 5.64. The molecule has 1 atom stereocenters. The summed E-state index contributed by atoms with van der Waals surface area (Å²) in [6, 6.07) is 0. The third kappa shape index (κ3) is 6.21. The topological polar surface area (TPSA) is 52.7 Å². The van der Waals surface area contributed by atoms with Crippen molar-refractivity contribution in [2.24, 2.45) is 5.73 Å². The molecule has 0 aliphatic carbocycles. The van der Waals surface area contributed by atoms with Crippen LogP contribution >= 0.6 is 0 Å². The van der Waals surface area contributed by atoms with Crippen LogP contribution in [0.4, 0.5) is 13.2 Å². The first-order valence-corrected chi connectivity index (χ1v) is 5.80. The van der Waals surface area contributed by atoms with Gasteiger partial charge in [0.25, 0.3) is 0 Å². The lowest BCUT2D eigenvalue weighted by Crippen LogP contribution is -2.49. The second kappa shape index (κ2) is 6.53. The summed E-state index contributed by atoms with van der Waals surface area (Å²) in [7, 11) is 0. The molecule has 0 radical (unpaired) electrons. The summed E-state index contributed by atoms with van der Waals surface area (Å²) in [6.07, 6.45) is -4.04. The molecule has 0 amide bonds. The summed E-state index contributed by atoms with van der Waals surface area (Å²) in [5.41, 5.74) is 5.28. The summed E-state index contributed by atoms with van der Waals surface area (Å²) in [5.74, 6) is 0. The SMILES string of the molecule is NCC(O)CCN1CCN(CC(F)(F)F)CC1. The summed E-state index contributed by atoms with van der Waals surface area (Å²) < 4.78 is 36.4. The maximum atomic E-state index is 12.1. The van der Waals surface area contributed by atoms with Crippen LogP contribution in [0.25, 0.3) is 0 Å². The number of alkyl halides is 3. The lowest BCUT2D eigenvalue weighted by molar-refractivity contribution is -0.149. The van der Waals surface area contributed by atoms with Crippen LogP contribution in [0.5, 0.6) is 0 Å². The fourth-order valence-corrected chi connectivity index (χ4v) is 1.87. The van der Waals surface area contributed by atoms with E-state index in [9.17, 15) is 18.3 Å². The Bertz CT molecular complexity index is 217. The molecule has 1 aliphatic heterocycles. The normalized spacial score (nSPS) is 21.7. The van der Waals surface area contributed by atoms with Gasteiger partial charge in [-0.25, -0.2) is 0 Å². The van der Waals surface area contributed by atoms with E-state index < -0.39 is 18.8 Å². The highest BCUT2D eigenvalue weighted by Gasteiger charge is 2.31. The predicted octanol–water partition coefficient (Wildman–Crippen LogP) is -0.124. The van der Waals surface area contributed by atoms with Crippen molar-refractivity contribution in [3.8, 4) is 0 Å². The van der Waals surface area contributed by atoms with E-state index in [4.69, 9.17) is 5.73 Å². The van der Waals surface area contributed by atoms with E-state index >= 15 is 0 Å². The minimum absolute atomic E-state index is 0.230. The minimum Gasteiger partial charge on any atom is -0.392 e. The minimum atomic E-state index is -4.11. The Morgan fingerprint density at radius 3 is 2.12 bits per heavy atom. The van der Waals surface area contributed by atoms with Crippen LogP contribution in [0.3, 0.4) is 0 Å². The van der Waals surface area contributed by atoms with Crippen LogP contribution in [0.1, 0.15) is 6.42 Å². The first-order valence-electron chi connectivity index (χ1n) is 5.80. The van der Waals surface area contributed by atoms with Crippen molar-refractivity contribution in [1.29, 1.82) is 0 Å². The number of hydrogen-bond donors (Lipinski definition) is 2. The Morgan fingerprint density at radius 1 is 1.12 bits per heavy atom. The maximum absolute atomic E-state index is 12.1. The van der Waals surface area contributed by atoms with Crippen molar-refractivity contribution in [3.05, 3.63) is 0 Å². The summed E-state index contributed by atoms with van der Waals surface area (Å²) in [5, 5.41) is 9.28. The number of nitrogens with two attached hydrogens (primary N) is 1. The van der Waals surface area contributed by atoms with Crippen LogP contribution in [0.2, 0.25) is 0 Å². The van der Waals surface area contributed by atoms with Gasteiger partial charge >= 0.3 is 6.18 Å². The third-order valence-electron chi connectivity index (χ3n) is 2.92. The zero-order valence-corrected chi connectivity index (χ0v) is 9.79. The molecule has 17 heavy (non-hydrogen) atoms. The molecule has 7 heteroatoms. The molecular weight excluding hydrogens is 235 g/mol. The molecule has 1 heterocycles. The highest BCUT2D eigenvalue weighted by atomic mass is 19.4. The largest absolute Gasteiger partial charge is 0.401 e. The number of halogens is 3. The monoisotopic (exact) mass is 255 g/mol. The fourth-order valence-electron chi connectivity index (χ4n) is 1.87. The molecule has 1 saturated heterocycles. The molecule has 1 aliphatic rings. The van der Waals surface area contributed by atoms with Crippen molar-refractivity contribution in [2.75, 3.05) is 45.8 Å². The summed E-state index contributed by atoms with van der Waals surface area (Å²) in [6.45, 7) is 2.19. The highest BCUT2D eigenvalue weighted by Crippen LogP contribution is 2.17. The van der Waals surface area contributed by atoms with E-state index in [1.807, 2.05) is 0 Å². The molecule has 1 unspecified atom stereocenters. The van der Waals surface area contributed by atoms with Gasteiger partial charge in [0, 0.05) is 39.3 Å². The molecular formula is C10H20F3N3O. The van der Waals surface area contributed by atoms with Gasteiger partial charge in [-0.15, -0.1) is 0 Å². The molecule has 0 spiro atoms. The third-order valence-corrected chi connectivity index (χ3v) is 2.92. The molecule has 102 valence electrons. The van der Waals surface area contributed by atoms with Crippen LogP contribution in [-0.4, -0.2) is 73.0 Å². The summed E-state index contributed by atoms with van der Waals surface area (Å²) >= 11 is 0. The van der Waals surface area contributed by atoms with Crippen LogP contribution in [-0.2, 0) is 0 Å². The van der Waals surface area contributed by atoms with Gasteiger partial charge in [0.2, 0.25) is 0 Å². The van der Waals surface area contributed by atoms with Crippen molar-refractivity contribution < 1.29 is 18.3 Å². The van der Waals surface area contributed by atoms with Crippen LogP contribution in [0, 0.1) is 0 Å². The first kappa shape index (κ1) is 14.7. The van der Waals surface area contributed by atoms with E-state index in [2.05, 4.69) is 4.90 Å². The van der Waals surface area contributed by atoms with Crippen LogP contribution < -0.4 is 5.73 Å². The average Bonchev–Trinajstić information content (AvgIpc) is 2.25. The Balaban J connectivity index is 2.17.